The normalized spacial score (nSPS) is 26.4. The number of ether oxygens (including phenoxy) is 3. The zero-order chi connectivity index (χ0) is 17.7. The second-order valence-corrected chi connectivity index (χ2v) is 6.88. The van der Waals surface area contributed by atoms with Crippen molar-refractivity contribution in [2.45, 2.75) is 45.0 Å². The Morgan fingerprint density at radius 2 is 2.25 bits per heavy atom. The standard InChI is InChI=1S/C17H26N2O5/c1-17(2,3)24-16(20)19-7-8-23-13(11-19)9-12-5-6-15(22-4)14(10-12)18-21/h5-6,10,13,15,21H,7-9,11H2,1-4H3/t13?,15-/m1/s1. The molecule has 2 rings (SSSR count). The second kappa shape index (κ2) is 7.81. The molecule has 1 saturated heterocycles. The van der Waals surface area contributed by atoms with Crippen molar-refractivity contribution in [2.75, 3.05) is 26.8 Å². The molecule has 1 amide bonds. The van der Waals surface area contributed by atoms with E-state index in [9.17, 15) is 4.79 Å². The fraction of sp³-hybridized carbons (Fsp3) is 0.647. The van der Waals surface area contributed by atoms with Crippen molar-refractivity contribution in [1.82, 2.24) is 4.90 Å². The van der Waals surface area contributed by atoms with Gasteiger partial charge in [0.1, 0.15) is 17.4 Å². The number of rotatable bonds is 3. The molecule has 7 heteroatoms. The Morgan fingerprint density at radius 1 is 1.50 bits per heavy atom. The summed E-state index contributed by atoms with van der Waals surface area (Å²) in [7, 11) is 1.56. The molecule has 1 aliphatic carbocycles. The summed E-state index contributed by atoms with van der Waals surface area (Å²) >= 11 is 0. The van der Waals surface area contributed by atoms with Gasteiger partial charge in [0, 0.05) is 20.1 Å². The van der Waals surface area contributed by atoms with Gasteiger partial charge in [0.25, 0.3) is 0 Å². The Morgan fingerprint density at radius 3 is 2.88 bits per heavy atom. The van der Waals surface area contributed by atoms with E-state index in [2.05, 4.69) is 5.16 Å². The third-order valence-electron chi connectivity index (χ3n) is 3.73. The first kappa shape index (κ1) is 18.5. The summed E-state index contributed by atoms with van der Waals surface area (Å²) in [6.07, 6.45) is 5.37. The van der Waals surface area contributed by atoms with E-state index in [-0.39, 0.29) is 18.3 Å². The molecule has 1 aliphatic heterocycles. The molecule has 0 aromatic carbocycles. The van der Waals surface area contributed by atoms with Gasteiger partial charge in [-0.25, -0.2) is 4.79 Å². The van der Waals surface area contributed by atoms with Crippen molar-refractivity contribution in [3.05, 3.63) is 23.8 Å². The monoisotopic (exact) mass is 338 g/mol. The number of carbonyl (C=O) groups excluding carboxylic acids is 1. The molecule has 2 atom stereocenters. The molecule has 1 N–H and O–H groups in total. The highest BCUT2D eigenvalue weighted by Gasteiger charge is 2.29. The molecule has 0 aromatic heterocycles. The molecule has 1 heterocycles. The molecule has 0 aromatic rings. The minimum atomic E-state index is -0.513. The number of methoxy groups -OCH3 is 1. The maximum absolute atomic E-state index is 12.2. The zero-order valence-electron chi connectivity index (χ0n) is 14.7. The van der Waals surface area contributed by atoms with Crippen LogP contribution >= 0.6 is 0 Å². The highest BCUT2D eigenvalue weighted by molar-refractivity contribution is 6.01. The van der Waals surface area contributed by atoms with Crippen molar-refractivity contribution >= 4 is 11.8 Å². The van der Waals surface area contributed by atoms with Crippen molar-refractivity contribution in [3.8, 4) is 0 Å². The van der Waals surface area contributed by atoms with E-state index < -0.39 is 5.60 Å². The van der Waals surface area contributed by atoms with Crippen molar-refractivity contribution < 1.29 is 24.2 Å². The van der Waals surface area contributed by atoms with Crippen LogP contribution < -0.4 is 0 Å². The zero-order valence-corrected chi connectivity index (χ0v) is 14.7. The van der Waals surface area contributed by atoms with Gasteiger partial charge in [-0.05, 0) is 38.5 Å². The average molecular weight is 338 g/mol. The molecule has 134 valence electrons. The van der Waals surface area contributed by atoms with Gasteiger partial charge in [-0.1, -0.05) is 11.2 Å². The van der Waals surface area contributed by atoms with Gasteiger partial charge in [0.2, 0.25) is 0 Å². The lowest BCUT2D eigenvalue weighted by Crippen LogP contribution is -2.47. The van der Waals surface area contributed by atoms with Gasteiger partial charge >= 0.3 is 6.09 Å². The van der Waals surface area contributed by atoms with Crippen LogP contribution in [0.1, 0.15) is 27.2 Å². The molecule has 0 radical (unpaired) electrons. The van der Waals surface area contributed by atoms with Gasteiger partial charge in [0.15, 0.2) is 0 Å². The first-order valence-corrected chi connectivity index (χ1v) is 8.05. The summed E-state index contributed by atoms with van der Waals surface area (Å²) in [5, 5.41) is 12.3. The maximum atomic E-state index is 12.2. The van der Waals surface area contributed by atoms with Gasteiger partial charge in [0.05, 0.1) is 19.3 Å². The SMILES string of the molecule is CO[C@@H]1C=CC(CC2CN(C(=O)OC(C)(C)C)CCO2)=CC1=NO. The van der Waals surface area contributed by atoms with Crippen LogP contribution in [-0.2, 0) is 14.2 Å². The number of hydrogen-bond donors (Lipinski definition) is 1. The molecule has 24 heavy (non-hydrogen) atoms. The Kier molecular flexibility index (Phi) is 6.01. The van der Waals surface area contributed by atoms with Crippen LogP contribution in [0.2, 0.25) is 0 Å². The Bertz CT molecular complexity index is 548. The number of amides is 1. The quantitative estimate of drug-likeness (QED) is 0.631. The third kappa shape index (κ3) is 5.07. The van der Waals surface area contributed by atoms with E-state index >= 15 is 0 Å². The molecule has 7 nitrogen and oxygen atoms in total. The lowest BCUT2D eigenvalue weighted by atomic mass is 9.98. The fourth-order valence-electron chi connectivity index (χ4n) is 2.64. The predicted molar refractivity (Wildman–Crippen MR) is 89.4 cm³/mol. The molecule has 2 aliphatic rings. The Hall–Kier alpha value is -1.86. The average Bonchev–Trinajstić information content (AvgIpc) is 2.53. The lowest BCUT2D eigenvalue weighted by molar-refractivity contribution is -0.0412. The topological polar surface area (TPSA) is 80.6 Å². The summed E-state index contributed by atoms with van der Waals surface area (Å²) in [4.78, 5) is 13.9. The molecular formula is C17H26N2O5. The molecule has 0 bridgehead atoms. The first-order valence-electron chi connectivity index (χ1n) is 8.05. The first-order chi connectivity index (χ1) is 11.3. The lowest BCUT2D eigenvalue weighted by Gasteiger charge is -2.34. The van der Waals surface area contributed by atoms with Crippen LogP contribution in [-0.4, -0.2) is 66.5 Å². The van der Waals surface area contributed by atoms with Gasteiger partial charge in [-0.3, -0.25) is 0 Å². The summed E-state index contributed by atoms with van der Waals surface area (Å²) in [5.41, 5.74) is 0.906. The van der Waals surface area contributed by atoms with Crippen molar-refractivity contribution in [3.63, 3.8) is 0 Å². The number of oxime groups is 1. The van der Waals surface area contributed by atoms with Gasteiger partial charge < -0.3 is 24.3 Å². The Balaban J connectivity index is 1.95. The molecule has 0 spiro atoms. The number of nitrogens with zero attached hydrogens (tertiary/aromatic N) is 2. The number of hydrogen-bond acceptors (Lipinski definition) is 6. The third-order valence-corrected chi connectivity index (χ3v) is 3.73. The van der Waals surface area contributed by atoms with E-state index in [0.29, 0.717) is 31.8 Å². The van der Waals surface area contributed by atoms with Crippen LogP contribution in [0.5, 0.6) is 0 Å². The van der Waals surface area contributed by atoms with Crippen LogP contribution in [0.3, 0.4) is 0 Å². The van der Waals surface area contributed by atoms with E-state index in [1.54, 1.807) is 18.1 Å². The van der Waals surface area contributed by atoms with Crippen LogP contribution in [0.15, 0.2) is 29.0 Å². The summed E-state index contributed by atoms with van der Waals surface area (Å²) in [5.74, 6) is 0. The van der Waals surface area contributed by atoms with E-state index in [0.717, 1.165) is 5.57 Å². The molecular weight excluding hydrogens is 312 g/mol. The van der Waals surface area contributed by atoms with E-state index in [1.807, 2.05) is 32.9 Å². The van der Waals surface area contributed by atoms with E-state index in [1.165, 1.54) is 0 Å². The highest BCUT2D eigenvalue weighted by atomic mass is 16.6. The van der Waals surface area contributed by atoms with Crippen LogP contribution in [0, 0.1) is 0 Å². The minimum absolute atomic E-state index is 0.124. The number of morpholine rings is 1. The molecule has 1 unspecified atom stereocenters. The maximum Gasteiger partial charge on any atom is 0.410 e. The number of allylic oxidation sites excluding steroid dienone is 1. The number of carbonyl (C=O) groups is 1. The molecule has 0 saturated carbocycles. The minimum Gasteiger partial charge on any atom is -0.444 e. The summed E-state index contributed by atoms with van der Waals surface area (Å²) in [6.45, 7) is 7.02. The highest BCUT2D eigenvalue weighted by Crippen LogP contribution is 2.20. The van der Waals surface area contributed by atoms with Crippen molar-refractivity contribution in [2.24, 2.45) is 5.16 Å². The molecule has 1 fully saturated rings. The smallest absolute Gasteiger partial charge is 0.410 e. The largest absolute Gasteiger partial charge is 0.444 e. The van der Waals surface area contributed by atoms with Gasteiger partial charge in [-0.15, -0.1) is 0 Å². The van der Waals surface area contributed by atoms with Crippen molar-refractivity contribution in [1.29, 1.82) is 0 Å². The summed E-state index contributed by atoms with van der Waals surface area (Å²) < 4.78 is 16.4. The van der Waals surface area contributed by atoms with Crippen LogP contribution in [0.4, 0.5) is 4.79 Å². The Labute approximate surface area is 142 Å². The summed E-state index contributed by atoms with van der Waals surface area (Å²) in [6, 6.07) is 0. The predicted octanol–water partition coefficient (Wildman–Crippen LogP) is 2.35. The van der Waals surface area contributed by atoms with Crippen LogP contribution in [0.25, 0.3) is 0 Å². The van der Waals surface area contributed by atoms with E-state index in [4.69, 9.17) is 19.4 Å². The van der Waals surface area contributed by atoms with Gasteiger partial charge in [-0.2, -0.15) is 0 Å². The second-order valence-electron chi connectivity index (χ2n) is 6.88. The fourth-order valence-corrected chi connectivity index (χ4v) is 2.64.